The maximum atomic E-state index is 12.4. The van der Waals surface area contributed by atoms with Gasteiger partial charge in [-0.3, -0.25) is 4.79 Å². The highest BCUT2D eigenvalue weighted by Crippen LogP contribution is 2.27. The lowest BCUT2D eigenvalue weighted by Gasteiger charge is -2.32. The van der Waals surface area contributed by atoms with Gasteiger partial charge in [-0.1, -0.05) is 17.7 Å². The Balaban J connectivity index is 1.71. The number of amides is 1. The molecule has 1 aliphatic rings. The number of benzene rings is 1. The van der Waals surface area contributed by atoms with Gasteiger partial charge in [0.15, 0.2) is 11.5 Å². The second-order valence-corrected chi connectivity index (χ2v) is 6.87. The molecule has 132 valence electrons. The highest BCUT2D eigenvalue weighted by atomic mass is 35.5. The van der Waals surface area contributed by atoms with Crippen LogP contribution in [0.5, 0.6) is 0 Å². The van der Waals surface area contributed by atoms with E-state index < -0.39 is 0 Å². The number of hydrogen-bond donors (Lipinski definition) is 1. The lowest BCUT2D eigenvalue weighted by molar-refractivity contribution is 0.102. The fraction of sp³-hybridized carbons (Fsp3) is 0.389. The summed E-state index contributed by atoms with van der Waals surface area (Å²) in [5.41, 5.74) is 2.85. The molecule has 1 aliphatic heterocycles. The smallest absolute Gasteiger partial charge is 0.276 e. The number of halogens is 1. The second-order valence-electron chi connectivity index (χ2n) is 6.46. The molecular weight excluding hydrogens is 338 g/mol. The largest absolute Gasteiger partial charge is 0.353 e. The van der Waals surface area contributed by atoms with Crippen LogP contribution >= 0.6 is 11.6 Å². The van der Waals surface area contributed by atoms with Crippen molar-refractivity contribution in [3.8, 4) is 0 Å². The zero-order chi connectivity index (χ0) is 18.0. The minimum atomic E-state index is -0.314. The first-order valence-electron chi connectivity index (χ1n) is 8.29. The van der Waals surface area contributed by atoms with Gasteiger partial charge in [0, 0.05) is 26.2 Å². The van der Waals surface area contributed by atoms with Gasteiger partial charge in [-0.25, -0.2) is 0 Å². The molecule has 1 saturated heterocycles. The van der Waals surface area contributed by atoms with E-state index in [0.29, 0.717) is 10.7 Å². The monoisotopic (exact) mass is 359 g/mol. The Bertz CT molecular complexity index is 747. The molecule has 7 heteroatoms. The number of aryl methyl sites for hydroxylation is 2. The first-order valence-corrected chi connectivity index (χ1v) is 8.67. The summed E-state index contributed by atoms with van der Waals surface area (Å²) in [5, 5.41) is 11.7. The van der Waals surface area contributed by atoms with Crippen molar-refractivity contribution in [2.75, 3.05) is 43.4 Å². The average Bonchev–Trinajstić information content (AvgIpc) is 2.59. The van der Waals surface area contributed by atoms with Crippen LogP contribution in [0.4, 0.5) is 11.5 Å². The van der Waals surface area contributed by atoms with E-state index in [1.54, 1.807) is 6.07 Å². The van der Waals surface area contributed by atoms with Gasteiger partial charge in [-0.2, -0.15) is 0 Å². The summed E-state index contributed by atoms with van der Waals surface area (Å²) in [5.74, 6) is 0.487. The van der Waals surface area contributed by atoms with Crippen LogP contribution < -0.4 is 10.2 Å². The minimum Gasteiger partial charge on any atom is -0.353 e. The van der Waals surface area contributed by atoms with Crippen LogP contribution in [0.2, 0.25) is 5.02 Å². The van der Waals surface area contributed by atoms with E-state index in [0.717, 1.165) is 43.1 Å². The number of hydrogen-bond acceptors (Lipinski definition) is 5. The first-order chi connectivity index (χ1) is 11.9. The predicted octanol–water partition coefficient (Wildman–Crippen LogP) is 2.75. The lowest BCUT2D eigenvalue weighted by Crippen LogP contribution is -2.44. The van der Waals surface area contributed by atoms with Crippen LogP contribution in [0.3, 0.4) is 0 Å². The molecule has 2 heterocycles. The van der Waals surface area contributed by atoms with Crippen molar-refractivity contribution in [2.45, 2.75) is 13.8 Å². The van der Waals surface area contributed by atoms with Crippen LogP contribution in [-0.2, 0) is 0 Å². The number of carbonyl (C=O) groups is 1. The highest BCUT2D eigenvalue weighted by molar-refractivity contribution is 6.34. The quantitative estimate of drug-likeness (QED) is 0.913. The van der Waals surface area contributed by atoms with Crippen LogP contribution in [0, 0.1) is 13.8 Å². The summed E-state index contributed by atoms with van der Waals surface area (Å²) >= 11 is 6.24. The molecule has 0 atom stereocenters. The molecule has 2 aromatic rings. The average molecular weight is 360 g/mol. The van der Waals surface area contributed by atoms with Gasteiger partial charge in [0.1, 0.15) is 0 Å². The Morgan fingerprint density at radius 1 is 1.12 bits per heavy atom. The number of carbonyl (C=O) groups excluding carboxylic acids is 1. The molecule has 1 aromatic heterocycles. The molecule has 0 unspecified atom stereocenters. The molecule has 0 aliphatic carbocycles. The van der Waals surface area contributed by atoms with Crippen LogP contribution in [0.25, 0.3) is 0 Å². The predicted molar refractivity (Wildman–Crippen MR) is 101 cm³/mol. The normalized spacial score (nSPS) is 15.3. The number of nitrogens with zero attached hydrogens (tertiary/aromatic N) is 4. The number of likely N-dealkylation sites (N-methyl/N-ethyl adjacent to an activating group) is 1. The van der Waals surface area contributed by atoms with Gasteiger partial charge in [-0.05, 0) is 50.2 Å². The van der Waals surface area contributed by atoms with Crippen LogP contribution in [0.15, 0.2) is 24.3 Å². The zero-order valence-corrected chi connectivity index (χ0v) is 15.5. The number of piperazine rings is 1. The topological polar surface area (TPSA) is 61.4 Å². The molecule has 1 amide bonds. The molecule has 0 spiro atoms. The fourth-order valence-corrected chi connectivity index (χ4v) is 3.27. The summed E-state index contributed by atoms with van der Waals surface area (Å²) in [6, 6.07) is 7.35. The van der Waals surface area contributed by atoms with Crippen molar-refractivity contribution in [1.82, 2.24) is 15.1 Å². The third-order valence-corrected chi connectivity index (χ3v) is 4.68. The van der Waals surface area contributed by atoms with Gasteiger partial charge < -0.3 is 15.1 Å². The number of rotatable bonds is 3. The van der Waals surface area contributed by atoms with E-state index >= 15 is 0 Å². The molecule has 1 N–H and O–H groups in total. The Morgan fingerprint density at radius 2 is 1.84 bits per heavy atom. The Labute approximate surface area is 152 Å². The second kappa shape index (κ2) is 7.37. The SMILES string of the molecule is Cc1cc(C)c(NC(=O)c2ccc(N3CCN(C)CC3)nn2)c(Cl)c1. The Hall–Kier alpha value is -2.18. The standard InChI is InChI=1S/C18H22ClN5O/c1-12-10-13(2)17(14(19)11-12)20-18(25)15-4-5-16(22-21-15)24-8-6-23(3)7-9-24/h4-5,10-11H,6-9H2,1-3H3,(H,20,25). The molecule has 6 nitrogen and oxygen atoms in total. The van der Waals surface area contributed by atoms with E-state index in [4.69, 9.17) is 11.6 Å². The zero-order valence-electron chi connectivity index (χ0n) is 14.7. The summed E-state index contributed by atoms with van der Waals surface area (Å²) in [4.78, 5) is 16.9. The molecular formula is C18H22ClN5O. The fourth-order valence-electron chi connectivity index (χ4n) is 2.90. The lowest BCUT2D eigenvalue weighted by atomic mass is 10.1. The maximum Gasteiger partial charge on any atom is 0.276 e. The van der Waals surface area contributed by atoms with Gasteiger partial charge >= 0.3 is 0 Å². The highest BCUT2D eigenvalue weighted by Gasteiger charge is 2.17. The summed E-state index contributed by atoms with van der Waals surface area (Å²) in [6.45, 7) is 7.69. The number of nitrogens with one attached hydrogen (secondary N) is 1. The minimum absolute atomic E-state index is 0.272. The molecule has 0 saturated carbocycles. The van der Waals surface area contributed by atoms with Gasteiger partial charge in [0.05, 0.1) is 10.7 Å². The van der Waals surface area contributed by atoms with Crippen molar-refractivity contribution in [3.63, 3.8) is 0 Å². The van der Waals surface area contributed by atoms with Crippen molar-refractivity contribution in [1.29, 1.82) is 0 Å². The van der Waals surface area contributed by atoms with Crippen LogP contribution in [-0.4, -0.2) is 54.2 Å². The number of anilines is 2. The third-order valence-electron chi connectivity index (χ3n) is 4.38. The van der Waals surface area contributed by atoms with E-state index in [1.807, 2.05) is 32.0 Å². The summed E-state index contributed by atoms with van der Waals surface area (Å²) in [7, 11) is 2.11. The Kier molecular flexibility index (Phi) is 5.20. The van der Waals surface area contributed by atoms with E-state index in [-0.39, 0.29) is 11.6 Å². The molecule has 0 bridgehead atoms. The van der Waals surface area contributed by atoms with Crippen molar-refractivity contribution < 1.29 is 4.79 Å². The van der Waals surface area contributed by atoms with E-state index in [9.17, 15) is 4.79 Å². The van der Waals surface area contributed by atoms with Gasteiger partial charge in [-0.15, -0.1) is 10.2 Å². The van der Waals surface area contributed by atoms with E-state index in [2.05, 4.69) is 32.4 Å². The van der Waals surface area contributed by atoms with Crippen molar-refractivity contribution >= 4 is 29.0 Å². The number of aromatic nitrogens is 2. The maximum absolute atomic E-state index is 12.4. The van der Waals surface area contributed by atoms with Crippen molar-refractivity contribution in [3.05, 3.63) is 46.1 Å². The summed E-state index contributed by atoms with van der Waals surface area (Å²) in [6.07, 6.45) is 0. The van der Waals surface area contributed by atoms with Gasteiger partial charge in [0.2, 0.25) is 0 Å². The van der Waals surface area contributed by atoms with E-state index in [1.165, 1.54) is 0 Å². The van der Waals surface area contributed by atoms with Crippen LogP contribution in [0.1, 0.15) is 21.6 Å². The summed E-state index contributed by atoms with van der Waals surface area (Å²) < 4.78 is 0. The molecule has 3 rings (SSSR count). The Morgan fingerprint density at radius 3 is 2.44 bits per heavy atom. The van der Waals surface area contributed by atoms with Crippen molar-refractivity contribution in [2.24, 2.45) is 0 Å². The molecule has 25 heavy (non-hydrogen) atoms. The molecule has 1 aromatic carbocycles. The first kappa shape index (κ1) is 17.6. The molecule has 0 radical (unpaired) electrons. The van der Waals surface area contributed by atoms with Gasteiger partial charge in [0.25, 0.3) is 5.91 Å². The molecule has 1 fully saturated rings. The third kappa shape index (κ3) is 4.08.